The third-order valence-electron chi connectivity index (χ3n) is 7.73. The number of para-hydroxylation sites is 1. The highest BCUT2D eigenvalue weighted by atomic mass is 32.2. The van der Waals surface area contributed by atoms with Crippen LogP contribution >= 0.6 is 0 Å². The van der Waals surface area contributed by atoms with Gasteiger partial charge in [-0.25, -0.2) is 23.6 Å². The average Bonchev–Trinajstić information content (AvgIpc) is 3.67. The zero-order chi connectivity index (χ0) is 31.3. The molecule has 3 aromatic heterocycles. The van der Waals surface area contributed by atoms with E-state index in [0.717, 1.165) is 11.9 Å². The van der Waals surface area contributed by atoms with Gasteiger partial charge in [-0.15, -0.1) is 0 Å². The second-order valence-electron chi connectivity index (χ2n) is 10.6. The number of amides is 1. The van der Waals surface area contributed by atoms with Crippen LogP contribution < -0.4 is 11.2 Å². The van der Waals surface area contributed by atoms with E-state index in [1.807, 2.05) is 42.6 Å². The lowest BCUT2D eigenvalue weighted by Crippen LogP contribution is -2.51. The van der Waals surface area contributed by atoms with Gasteiger partial charge >= 0.3 is 0 Å². The van der Waals surface area contributed by atoms with Crippen molar-refractivity contribution in [2.24, 2.45) is 0 Å². The summed E-state index contributed by atoms with van der Waals surface area (Å²) in [4.78, 5) is 23.3. The Balaban J connectivity index is 1.48. The molecule has 0 unspecified atom stereocenters. The standard InChI is InChI=1S/C29H37N7O7S/c1-40-15-17-42-29(28(37)34-43-18-16-41-2)12-9-20(10-13-29)24-25(44(3,38)39)26(30)36-27(32-24)22(19-31-36)23-11-14-35(33-23)21-7-5-4-6-8-21/h4-8,11,14,19-20H,9-10,12-13,15-18,30H2,1-3H3,(H,34,37). The first-order valence-electron chi connectivity index (χ1n) is 14.2. The van der Waals surface area contributed by atoms with Crippen molar-refractivity contribution in [3.8, 4) is 16.9 Å². The first-order valence-corrected chi connectivity index (χ1v) is 16.1. The number of ether oxygens (including phenoxy) is 3. The molecule has 1 aromatic carbocycles. The predicted octanol–water partition coefficient (Wildman–Crippen LogP) is 2.32. The number of nitrogens with one attached hydrogen (secondary N) is 1. The van der Waals surface area contributed by atoms with Gasteiger partial charge in [0.2, 0.25) is 0 Å². The first kappa shape index (κ1) is 31.5. The second kappa shape index (κ2) is 13.4. The smallest absolute Gasteiger partial charge is 0.275 e. The molecular formula is C29H37N7O7S. The monoisotopic (exact) mass is 627 g/mol. The number of rotatable bonds is 13. The fourth-order valence-electron chi connectivity index (χ4n) is 5.50. The van der Waals surface area contributed by atoms with E-state index in [-0.39, 0.29) is 29.8 Å². The van der Waals surface area contributed by atoms with Crippen molar-refractivity contribution in [2.75, 3.05) is 52.6 Å². The number of nitrogens with two attached hydrogens (primary N) is 1. The quantitative estimate of drug-likeness (QED) is 0.164. The van der Waals surface area contributed by atoms with Gasteiger partial charge in [0.15, 0.2) is 15.5 Å². The van der Waals surface area contributed by atoms with Crippen LogP contribution in [0.1, 0.15) is 37.3 Å². The van der Waals surface area contributed by atoms with Crippen LogP contribution in [0.2, 0.25) is 0 Å². The molecule has 4 aromatic rings. The van der Waals surface area contributed by atoms with E-state index in [1.165, 1.54) is 11.6 Å². The van der Waals surface area contributed by atoms with Crippen LogP contribution in [0.5, 0.6) is 0 Å². The Labute approximate surface area is 255 Å². The van der Waals surface area contributed by atoms with E-state index >= 15 is 0 Å². The molecule has 15 heteroatoms. The van der Waals surface area contributed by atoms with Crippen LogP contribution in [0.4, 0.5) is 5.82 Å². The van der Waals surface area contributed by atoms with E-state index in [0.29, 0.717) is 61.5 Å². The molecule has 5 rings (SSSR count). The van der Waals surface area contributed by atoms with Gasteiger partial charge in [-0.05, 0) is 43.9 Å². The molecule has 1 aliphatic carbocycles. The number of hydroxylamine groups is 1. The molecule has 3 heterocycles. The van der Waals surface area contributed by atoms with E-state index in [9.17, 15) is 13.2 Å². The molecule has 0 bridgehead atoms. The van der Waals surface area contributed by atoms with Crippen molar-refractivity contribution in [3.63, 3.8) is 0 Å². The molecule has 1 aliphatic rings. The Morgan fingerprint density at radius 1 is 1.07 bits per heavy atom. The Morgan fingerprint density at radius 2 is 1.77 bits per heavy atom. The van der Waals surface area contributed by atoms with Crippen molar-refractivity contribution in [2.45, 2.75) is 42.1 Å². The van der Waals surface area contributed by atoms with Gasteiger partial charge in [-0.1, -0.05) is 18.2 Å². The summed E-state index contributed by atoms with van der Waals surface area (Å²) in [6.45, 7) is 0.997. The van der Waals surface area contributed by atoms with Gasteiger partial charge < -0.3 is 19.9 Å². The molecule has 3 N–H and O–H groups in total. The van der Waals surface area contributed by atoms with Gasteiger partial charge in [0.1, 0.15) is 16.3 Å². The maximum atomic E-state index is 13.3. The van der Waals surface area contributed by atoms with E-state index in [4.69, 9.17) is 34.9 Å². The molecule has 0 atom stereocenters. The molecule has 44 heavy (non-hydrogen) atoms. The molecule has 236 valence electrons. The van der Waals surface area contributed by atoms with Crippen molar-refractivity contribution >= 4 is 27.2 Å². The molecular weight excluding hydrogens is 590 g/mol. The molecule has 0 saturated heterocycles. The van der Waals surface area contributed by atoms with Crippen molar-refractivity contribution in [1.29, 1.82) is 0 Å². The van der Waals surface area contributed by atoms with Crippen LogP contribution in [-0.2, 0) is 33.7 Å². The van der Waals surface area contributed by atoms with Crippen molar-refractivity contribution in [3.05, 3.63) is 54.5 Å². The molecule has 1 saturated carbocycles. The molecule has 1 amide bonds. The summed E-state index contributed by atoms with van der Waals surface area (Å²) in [6, 6.07) is 11.5. The van der Waals surface area contributed by atoms with Crippen LogP contribution in [0, 0.1) is 0 Å². The van der Waals surface area contributed by atoms with Crippen LogP contribution in [0.3, 0.4) is 0 Å². The van der Waals surface area contributed by atoms with Gasteiger partial charge in [-0.3, -0.25) is 9.63 Å². The zero-order valence-electron chi connectivity index (χ0n) is 24.9. The average molecular weight is 628 g/mol. The number of fused-ring (bicyclic) bond motifs is 1. The minimum atomic E-state index is -3.80. The third-order valence-corrected chi connectivity index (χ3v) is 8.89. The highest BCUT2D eigenvalue weighted by Crippen LogP contribution is 2.43. The van der Waals surface area contributed by atoms with E-state index < -0.39 is 21.3 Å². The van der Waals surface area contributed by atoms with Crippen molar-refractivity contribution in [1.82, 2.24) is 29.9 Å². The number of nitrogen functional groups attached to an aromatic ring is 1. The number of aromatic nitrogens is 5. The number of sulfone groups is 1. The lowest BCUT2D eigenvalue weighted by atomic mass is 9.76. The molecule has 0 radical (unpaired) electrons. The number of methoxy groups -OCH3 is 2. The Hall–Kier alpha value is -3.89. The lowest BCUT2D eigenvalue weighted by molar-refractivity contribution is -0.168. The topological polar surface area (TPSA) is 174 Å². The van der Waals surface area contributed by atoms with Crippen LogP contribution in [-0.4, -0.2) is 91.2 Å². The molecule has 0 aliphatic heterocycles. The maximum absolute atomic E-state index is 13.3. The predicted molar refractivity (Wildman–Crippen MR) is 161 cm³/mol. The minimum absolute atomic E-state index is 0.0290. The summed E-state index contributed by atoms with van der Waals surface area (Å²) in [5, 5.41) is 9.07. The van der Waals surface area contributed by atoms with Gasteiger partial charge in [-0.2, -0.15) is 14.7 Å². The fourth-order valence-corrected chi connectivity index (χ4v) is 6.56. The van der Waals surface area contributed by atoms with Gasteiger partial charge in [0.25, 0.3) is 5.91 Å². The summed E-state index contributed by atoms with van der Waals surface area (Å²) < 4.78 is 45.4. The second-order valence-corrected chi connectivity index (χ2v) is 12.6. The van der Waals surface area contributed by atoms with Gasteiger partial charge in [0, 0.05) is 32.6 Å². The number of hydrogen-bond donors (Lipinski definition) is 2. The number of anilines is 1. The van der Waals surface area contributed by atoms with Gasteiger partial charge in [0.05, 0.1) is 55.3 Å². The Morgan fingerprint density at radius 3 is 2.45 bits per heavy atom. The van der Waals surface area contributed by atoms with E-state index in [2.05, 4.69) is 10.6 Å². The number of carbonyl (C=O) groups excluding carboxylic acids is 1. The number of nitrogens with zero attached hydrogens (tertiary/aromatic N) is 5. The molecule has 0 spiro atoms. The normalized spacial score (nSPS) is 18.9. The lowest BCUT2D eigenvalue weighted by Gasteiger charge is -2.38. The number of benzene rings is 1. The molecule has 1 fully saturated rings. The summed E-state index contributed by atoms with van der Waals surface area (Å²) >= 11 is 0. The summed E-state index contributed by atoms with van der Waals surface area (Å²) in [5.74, 6) is -0.766. The zero-order valence-corrected chi connectivity index (χ0v) is 25.7. The maximum Gasteiger partial charge on any atom is 0.275 e. The summed E-state index contributed by atoms with van der Waals surface area (Å²) in [6.07, 6.45) is 5.93. The van der Waals surface area contributed by atoms with Crippen LogP contribution in [0.15, 0.2) is 53.7 Å². The molecule has 14 nitrogen and oxygen atoms in total. The number of carbonyl (C=O) groups is 1. The first-order chi connectivity index (χ1) is 21.2. The SMILES string of the molecule is COCCONC(=O)C1(OCCOC)CCC(c2nc3c(-c4ccn(-c5ccccc5)n4)cnn3c(N)c2S(C)(=O)=O)CC1. The third kappa shape index (κ3) is 6.46. The summed E-state index contributed by atoms with van der Waals surface area (Å²) in [5.41, 5.74) is 10.6. The Bertz CT molecular complexity index is 1700. The van der Waals surface area contributed by atoms with E-state index in [1.54, 1.807) is 18.0 Å². The minimum Gasteiger partial charge on any atom is -0.382 e. The largest absolute Gasteiger partial charge is 0.382 e. The highest BCUT2D eigenvalue weighted by Gasteiger charge is 2.45. The Kier molecular flexibility index (Phi) is 9.60. The fraction of sp³-hybridized carbons (Fsp3) is 0.448. The summed E-state index contributed by atoms with van der Waals surface area (Å²) in [7, 11) is -0.710. The van der Waals surface area contributed by atoms with Crippen molar-refractivity contribution < 1.29 is 32.3 Å². The highest BCUT2D eigenvalue weighted by molar-refractivity contribution is 7.91. The van der Waals surface area contributed by atoms with Crippen LogP contribution in [0.25, 0.3) is 22.6 Å². The number of hydrogen-bond acceptors (Lipinski definition) is 11.